The summed E-state index contributed by atoms with van der Waals surface area (Å²) in [5.41, 5.74) is 11.6. The molecule has 0 aliphatic rings. The molecule has 0 atom stereocenters. The predicted molar refractivity (Wildman–Crippen MR) is 203 cm³/mol. The van der Waals surface area contributed by atoms with Gasteiger partial charge in [-0.2, -0.15) is 0 Å². The Labute approximate surface area is 289 Å². The van der Waals surface area contributed by atoms with E-state index in [0.717, 1.165) is 67.1 Å². The lowest BCUT2D eigenvalue weighted by atomic mass is 9.92. The predicted octanol–water partition coefficient (Wildman–Crippen LogP) is 11.0. The number of hydrogen-bond donors (Lipinski definition) is 0. The second-order valence-corrected chi connectivity index (χ2v) is 12.2. The van der Waals surface area contributed by atoms with Crippen LogP contribution in [-0.4, -0.2) is 24.9 Å². The standard InChI is InChI=1S/C45H29N5/c1-2-12-32(13-3-1)41-28-37(44-36-16-5-4-11-31(36)23-24-39(44)48-41)35-15-10-14-34(27-35)30-19-21-33(22-20-30)42-29-43(38-17-6-8-25-46-38)50-45(49-42)40-18-7-9-26-47-40/h1-29H. The second-order valence-electron chi connectivity index (χ2n) is 12.2. The summed E-state index contributed by atoms with van der Waals surface area (Å²) in [6.07, 6.45) is 3.54. The minimum atomic E-state index is 0.563. The first-order chi connectivity index (χ1) is 24.8. The number of nitrogens with zero attached hydrogens (tertiary/aromatic N) is 5. The molecule has 0 fully saturated rings. The molecular formula is C45H29N5. The van der Waals surface area contributed by atoms with Gasteiger partial charge in [0.05, 0.1) is 28.3 Å². The van der Waals surface area contributed by atoms with Crippen molar-refractivity contribution in [2.24, 2.45) is 0 Å². The molecule has 50 heavy (non-hydrogen) atoms. The van der Waals surface area contributed by atoms with Crippen LogP contribution in [0.15, 0.2) is 176 Å². The Kier molecular flexibility index (Phi) is 7.41. The SMILES string of the molecule is c1ccc(-c2cc(-c3cccc(-c4ccc(-c5cc(-c6ccccn6)nc(-c6ccccn6)n5)cc4)c3)c3c(ccc4ccccc43)n2)cc1. The van der Waals surface area contributed by atoms with E-state index in [0.29, 0.717) is 11.5 Å². The van der Waals surface area contributed by atoms with Gasteiger partial charge in [0.15, 0.2) is 5.82 Å². The van der Waals surface area contributed by atoms with E-state index in [1.54, 1.807) is 12.4 Å². The zero-order chi connectivity index (χ0) is 33.3. The normalized spacial score (nSPS) is 11.2. The van der Waals surface area contributed by atoms with Crippen molar-refractivity contribution in [2.75, 3.05) is 0 Å². The summed E-state index contributed by atoms with van der Waals surface area (Å²) in [5, 5.41) is 3.55. The lowest BCUT2D eigenvalue weighted by Crippen LogP contribution is -1.97. The molecule has 0 N–H and O–H groups in total. The third-order valence-electron chi connectivity index (χ3n) is 9.00. The maximum atomic E-state index is 5.13. The summed E-state index contributed by atoms with van der Waals surface area (Å²) in [4.78, 5) is 24.0. The zero-order valence-electron chi connectivity index (χ0n) is 27.0. The van der Waals surface area contributed by atoms with E-state index >= 15 is 0 Å². The molecule has 0 radical (unpaired) electrons. The van der Waals surface area contributed by atoms with Crippen molar-refractivity contribution in [2.45, 2.75) is 0 Å². The Morgan fingerprint density at radius 3 is 1.78 bits per heavy atom. The highest BCUT2D eigenvalue weighted by atomic mass is 14.9. The van der Waals surface area contributed by atoms with Crippen LogP contribution in [0.1, 0.15) is 0 Å². The van der Waals surface area contributed by atoms with Crippen LogP contribution in [0, 0.1) is 0 Å². The topological polar surface area (TPSA) is 64.5 Å². The van der Waals surface area contributed by atoms with Crippen molar-refractivity contribution in [3.63, 3.8) is 0 Å². The van der Waals surface area contributed by atoms with Crippen LogP contribution in [-0.2, 0) is 0 Å². The Balaban J connectivity index is 1.13. The van der Waals surface area contributed by atoms with Crippen LogP contribution >= 0.6 is 0 Å². The second kappa shape index (κ2) is 12.6. The van der Waals surface area contributed by atoms with Gasteiger partial charge in [-0.05, 0) is 81.6 Å². The number of rotatable bonds is 6. The summed E-state index contributed by atoms with van der Waals surface area (Å²) in [5.74, 6) is 0.563. The summed E-state index contributed by atoms with van der Waals surface area (Å²) >= 11 is 0. The third kappa shape index (κ3) is 5.57. The maximum absolute atomic E-state index is 5.13. The smallest absolute Gasteiger partial charge is 0.179 e. The molecule has 0 saturated heterocycles. The van der Waals surface area contributed by atoms with Gasteiger partial charge in [0.1, 0.15) is 5.69 Å². The van der Waals surface area contributed by atoms with E-state index in [-0.39, 0.29) is 0 Å². The molecule has 0 saturated carbocycles. The highest BCUT2D eigenvalue weighted by Crippen LogP contribution is 2.38. The molecule has 0 aliphatic heterocycles. The highest BCUT2D eigenvalue weighted by molar-refractivity contribution is 6.14. The Morgan fingerprint density at radius 2 is 0.980 bits per heavy atom. The van der Waals surface area contributed by atoms with Crippen LogP contribution in [0.3, 0.4) is 0 Å². The largest absolute Gasteiger partial charge is 0.255 e. The van der Waals surface area contributed by atoms with Crippen LogP contribution < -0.4 is 0 Å². The van der Waals surface area contributed by atoms with E-state index in [1.807, 2.05) is 48.5 Å². The molecule has 0 amide bonds. The molecule has 5 nitrogen and oxygen atoms in total. The van der Waals surface area contributed by atoms with Gasteiger partial charge in [0.25, 0.3) is 0 Å². The van der Waals surface area contributed by atoms with Crippen molar-refractivity contribution in [1.29, 1.82) is 0 Å². The van der Waals surface area contributed by atoms with Gasteiger partial charge in [-0.25, -0.2) is 15.0 Å². The van der Waals surface area contributed by atoms with E-state index in [2.05, 4.69) is 125 Å². The van der Waals surface area contributed by atoms with Gasteiger partial charge in [-0.3, -0.25) is 9.97 Å². The molecule has 5 heteroatoms. The average molecular weight is 640 g/mol. The van der Waals surface area contributed by atoms with Gasteiger partial charge >= 0.3 is 0 Å². The molecule has 5 aromatic carbocycles. The summed E-state index contributed by atoms with van der Waals surface area (Å²) in [6, 6.07) is 56.4. The van der Waals surface area contributed by atoms with Gasteiger partial charge in [0, 0.05) is 28.9 Å². The number of benzene rings is 5. The number of fused-ring (bicyclic) bond motifs is 3. The van der Waals surface area contributed by atoms with Crippen molar-refractivity contribution in [3.8, 4) is 67.7 Å². The molecule has 4 aromatic heterocycles. The van der Waals surface area contributed by atoms with Crippen LogP contribution in [0.4, 0.5) is 0 Å². The number of hydrogen-bond acceptors (Lipinski definition) is 5. The fourth-order valence-corrected chi connectivity index (χ4v) is 6.54. The summed E-state index contributed by atoms with van der Waals surface area (Å²) in [6.45, 7) is 0. The molecular weight excluding hydrogens is 611 g/mol. The van der Waals surface area contributed by atoms with E-state index in [4.69, 9.17) is 15.0 Å². The van der Waals surface area contributed by atoms with Crippen molar-refractivity contribution >= 4 is 21.7 Å². The summed E-state index contributed by atoms with van der Waals surface area (Å²) < 4.78 is 0. The zero-order valence-corrected chi connectivity index (χ0v) is 27.0. The van der Waals surface area contributed by atoms with Crippen LogP contribution in [0.2, 0.25) is 0 Å². The van der Waals surface area contributed by atoms with Gasteiger partial charge in [0.2, 0.25) is 0 Å². The summed E-state index contributed by atoms with van der Waals surface area (Å²) in [7, 11) is 0. The Morgan fingerprint density at radius 1 is 0.340 bits per heavy atom. The maximum Gasteiger partial charge on any atom is 0.179 e. The van der Waals surface area contributed by atoms with E-state index in [1.165, 1.54) is 10.8 Å². The van der Waals surface area contributed by atoms with E-state index < -0.39 is 0 Å². The lowest BCUT2D eigenvalue weighted by molar-refractivity contribution is 1.13. The van der Waals surface area contributed by atoms with Gasteiger partial charge in [-0.1, -0.05) is 115 Å². The van der Waals surface area contributed by atoms with E-state index in [9.17, 15) is 0 Å². The molecule has 0 spiro atoms. The van der Waals surface area contributed by atoms with Gasteiger partial charge in [-0.15, -0.1) is 0 Å². The number of pyridine rings is 3. The van der Waals surface area contributed by atoms with Crippen LogP contribution in [0.25, 0.3) is 89.4 Å². The minimum absolute atomic E-state index is 0.563. The first-order valence-electron chi connectivity index (χ1n) is 16.6. The third-order valence-corrected chi connectivity index (χ3v) is 9.00. The molecule has 9 rings (SSSR count). The van der Waals surface area contributed by atoms with Crippen molar-refractivity contribution < 1.29 is 0 Å². The highest BCUT2D eigenvalue weighted by Gasteiger charge is 2.15. The fraction of sp³-hybridized carbons (Fsp3) is 0. The monoisotopic (exact) mass is 639 g/mol. The molecule has 0 aliphatic carbocycles. The van der Waals surface area contributed by atoms with Crippen molar-refractivity contribution in [1.82, 2.24) is 24.9 Å². The first kappa shape index (κ1) is 29.3. The Hall–Kier alpha value is -6.85. The lowest BCUT2D eigenvalue weighted by Gasteiger charge is -2.14. The average Bonchev–Trinajstić information content (AvgIpc) is 3.21. The van der Waals surface area contributed by atoms with Crippen molar-refractivity contribution in [3.05, 3.63) is 176 Å². The molecule has 4 heterocycles. The molecule has 0 bridgehead atoms. The molecule has 9 aromatic rings. The fourth-order valence-electron chi connectivity index (χ4n) is 6.54. The molecule has 0 unspecified atom stereocenters. The minimum Gasteiger partial charge on any atom is -0.255 e. The van der Waals surface area contributed by atoms with Gasteiger partial charge < -0.3 is 0 Å². The quantitative estimate of drug-likeness (QED) is 0.169. The van der Waals surface area contributed by atoms with Crippen LogP contribution in [0.5, 0.6) is 0 Å². The number of aromatic nitrogens is 5. The first-order valence-corrected chi connectivity index (χ1v) is 16.6. The molecule has 234 valence electrons. The Bertz CT molecular complexity index is 2560.